The summed E-state index contributed by atoms with van der Waals surface area (Å²) in [6.07, 6.45) is 23.3. The summed E-state index contributed by atoms with van der Waals surface area (Å²) in [6.45, 7) is 10.9. The summed E-state index contributed by atoms with van der Waals surface area (Å²) in [7, 11) is 0. The summed E-state index contributed by atoms with van der Waals surface area (Å²) in [5.41, 5.74) is 0. The second-order valence-electron chi connectivity index (χ2n) is 9.21. The minimum Gasteiger partial charge on any atom is -0.368 e. The number of hydroxylamine groups is 2. The number of nitrogens with zero attached hydrogens (tertiary/aromatic N) is 1. The number of unbranched alkanes of at least 4 members (excludes halogenated alkanes) is 12. The third-order valence-corrected chi connectivity index (χ3v) is 6.40. The summed E-state index contributed by atoms with van der Waals surface area (Å²) in [6, 6.07) is 0. The van der Waals surface area contributed by atoms with Crippen LogP contribution in [0, 0.1) is 5.92 Å². The molecule has 0 aromatic carbocycles. The molecule has 30 heavy (non-hydrogen) atoms. The molecule has 0 saturated carbocycles. The molecule has 0 aromatic heterocycles. The van der Waals surface area contributed by atoms with E-state index in [1.165, 1.54) is 89.9 Å². The molecule has 3 nitrogen and oxygen atoms in total. The van der Waals surface area contributed by atoms with Crippen molar-refractivity contribution >= 4 is 5.97 Å². The van der Waals surface area contributed by atoms with Gasteiger partial charge in [0.1, 0.15) is 0 Å². The number of hydrogen-bond donors (Lipinski definition) is 0. The molecule has 0 rings (SSSR count). The molecule has 0 aromatic rings. The Balaban J connectivity index is 3.79. The van der Waals surface area contributed by atoms with Gasteiger partial charge in [0, 0.05) is 19.5 Å². The van der Waals surface area contributed by atoms with Crippen LogP contribution in [0.5, 0.6) is 0 Å². The minimum atomic E-state index is -0.0221. The molecule has 0 amide bonds. The molecule has 0 bridgehead atoms. The average Bonchev–Trinajstić information content (AvgIpc) is 2.75. The van der Waals surface area contributed by atoms with Crippen LogP contribution in [-0.4, -0.2) is 24.1 Å². The maximum atomic E-state index is 12.3. The van der Waals surface area contributed by atoms with E-state index < -0.39 is 0 Å². The van der Waals surface area contributed by atoms with Crippen LogP contribution in [0.2, 0.25) is 0 Å². The Morgan fingerprint density at radius 2 is 1.10 bits per heavy atom. The Hall–Kier alpha value is -0.570. The zero-order valence-corrected chi connectivity index (χ0v) is 21.2. The Kier molecular flexibility index (Phi) is 22.7. The standard InChI is InChI=1S/C27H55NO2/c1-5-9-11-20-24-28(25-21-12-10-6-2)30-27(29)23-19-17-15-13-14-16-18-22-26(7-3)8-4/h26H,5-25H2,1-4H3. The zero-order chi connectivity index (χ0) is 22.3. The molecule has 0 aliphatic carbocycles. The van der Waals surface area contributed by atoms with E-state index in [9.17, 15) is 4.79 Å². The average molecular weight is 426 g/mol. The van der Waals surface area contributed by atoms with Gasteiger partial charge in [0.25, 0.3) is 0 Å². The highest BCUT2D eigenvalue weighted by Gasteiger charge is 2.11. The molecule has 0 radical (unpaired) electrons. The zero-order valence-electron chi connectivity index (χ0n) is 21.2. The molecule has 0 atom stereocenters. The lowest BCUT2D eigenvalue weighted by Gasteiger charge is -2.21. The maximum Gasteiger partial charge on any atom is 0.325 e. The predicted octanol–water partition coefficient (Wildman–Crippen LogP) is 8.85. The smallest absolute Gasteiger partial charge is 0.325 e. The fraction of sp³-hybridized carbons (Fsp3) is 0.963. The van der Waals surface area contributed by atoms with Gasteiger partial charge in [0.05, 0.1) is 0 Å². The molecule has 0 aliphatic heterocycles. The largest absolute Gasteiger partial charge is 0.368 e. The number of carbonyl (C=O) groups is 1. The van der Waals surface area contributed by atoms with Gasteiger partial charge in [0.2, 0.25) is 0 Å². The van der Waals surface area contributed by atoms with Crippen LogP contribution in [0.3, 0.4) is 0 Å². The van der Waals surface area contributed by atoms with Crippen molar-refractivity contribution < 1.29 is 9.63 Å². The van der Waals surface area contributed by atoms with Crippen molar-refractivity contribution in [2.45, 2.75) is 150 Å². The number of rotatable bonds is 23. The van der Waals surface area contributed by atoms with Crippen LogP contribution in [0.25, 0.3) is 0 Å². The van der Waals surface area contributed by atoms with Gasteiger partial charge >= 0.3 is 5.97 Å². The summed E-state index contributed by atoms with van der Waals surface area (Å²) < 4.78 is 0. The van der Waals surface area contributed by atoms with Crippen molar-refractivity contribution in [3.8, 4) is 0 Å². The maximum absolute atomic E-state index is 12.3. The van der Waals surface area contributed by atoms with Crippen LogP contribution in [-0.2, 0) is 9.63 Å². The van der Waals surface area contributed by atoms with E-state index >= 15 is 0 Å². The fourth-order valence-electron chi connectivity index (χ4n) is 4.11. The predicted molar refractivity (Wildman–Crippen MR) is 132 cm³/mol. The molecule has 0 saturated heterocycles. The second-order valence-corrected chi connectivity index (χ2v) is 9.21. The van der Waals surface area contributed by atoms with Crippen molar-refractivity contribution in [1.29, 1.82) is 0 Å². The number of carbonyl (C=O) groups excluding carboxylic acids is 1. The summed E-state index contributed by atoms with van der Waals surface area (Å²) >= 11 is 0. The summed E-state index contributed by atoms with van der Waals surface area (Å²) in [5.74, 6) is 0.917. The summed E-state index contributed by atoms with van der Waals surface area (Å²) in [4.78, 5) is 18.0. The van der Waals surface area contributed by atoms with Crippen molar-refractivity contribution in [2.24, 2.45) is 5.92 Å². The van der Waals surface area contributed by atoms with Gasteiger partial charge in [-0.1, -0.05) is 124 Å². The van der Waals surface area contributed by atoms with Crippen LogP contribution < -0.4 is 0 Å². The lowest BCUT2D eigenvalue weighted by molar-refractivity contribution is -0.191. The van der Waals surface area contributed by atoms with Gasteiger partial charge in [-0.3, -0.25) is 4.79 Å². The third-order valence-electron chi connectivity index (χ3n) is 6.40. The quantitative estimate of drug-likeness (QED) is 0.121. The Labute approximate surface area is 189 Å². The molecule has 0 fully saturated rings. The van der Waals surface area contributed by atoms with Crippen molar-refractivity contribution in [3.63, 3.8) is 0 Å². The lowest BCUT2D eigenvalue weighted by Crippen LogP contribution is -2.29. The van der Waals surface area contributed by atoms with Crippen LogP contribution in [0.15, 0.2) is 0 Å². The van der Waals surface area contributed by atoms with Crippen LogP contribution >= 0.6 is 0 Å². The first-order valence-corrected chi connectivity index (χ1v) is 13.6. The molecular weight excluding hydrogens is 370 g/mol. The number of hydrogen-bond acceptors (Lipinski definition) is 3. The van der Waals surface area contributed by atoms with E-state index in [4.69, 9.17) is 4.84 Å². The van der Waals surface area contributed by atoms with Crippen molar-refractivity contribution in [1.82, 2.24) is 5.06 Å². The summed E-state index contributed by atoms with van der Waals surface area (Å²) in [5, 5.41) is 1.95. The minimum absolute atomic E-state index is 0.0221. The van der Waals surface area contributed by atoms with Gasteiger partial charge < -0.3 is 4.84 Å². The Morgan fingerprint density at radius 1 is 0.633 bits per heavy atom. The molecule has 180 valence electrons. The van der Waals surface area contributed by atoms with E-state index in [1.54, 1.807) is 0 Å². The van der Waals surface area contributed by atoms with Crippen LogP contribution in [0.1, 0.15) is 150 Å². The third kappa shape index (κ3) is 19.4. The second kappa shape index (κ2) is 23.1. The molecule has 0 heterocycles. The first kappa shape index (κ1) is 29.4. The lowest BCUT2D eigenvalue weighted by atomic mass is 9.95. The highest BCUT2D eigenvalue weighted by molar-refractivity contribution is 5.68. The SMILES string of the molecule is CCCCCCN(CCCCCC)OC(=O)CCCCCCCCCC(CC)CC. The van der Waals surface area contributed by atoms with Crippen molar-refractivity contribution in [2.75, 3.05) is 13.1 Å². The first-order valence-electron chi connectivity index (χ1n) is 13.6. The van der Waals surface area contributed by atoms with Gasteiger partial charge in [-0.2, -0.15) is 0 Å². The van der Waals surface area contributed by atoms with Crippen molar-refractivity contribution in [3.05, 3.63) is 0 Å². The topological polar surface area (TPSA) is 29.5 Å². The highest BCUT2D eigenvalue weighted by atomic mass is 16.7. The molecule has 3 heteroatoms. The Bertz CT molecular complexity index is 343. The van der Waals surface area contributed by atoms with Gasteiger partial charge in [-0.15, -0.1) is 5.06 Å². The fourth-order valence-corrected chi connectivity index (χ4v) is 4.11. The molecular formula is C27H55NO2. The molecule has 0 aliphatic rings. The Morgan fingerprint density at radius 3 is 1.60 bits per heavy atom. The first-order chi connectivity index (χ1) is 14.7. The van der Waals surface area contributed by atoms with Crippen LogP contribution in [0.4, 0.5) is 0 Å². The normalized spacial score (nSPS) is 11.5. The van der Waals surface area contributed by atoms with Gasteiger partial charge in [-0.25, -0.2) is 0 Å². The van der Waals surface area contributed by atoms with E-state index in [1.807, 2.05) is 5.06 Å². The highest BCUT2D eigenvalue weighted by Crippen LogP contribution is 2.18. The molecule has 0 unspecified atom stereocenters. The van der Waals surface area contributed by atoms with E-state index in [0.717, 1.165) is 44.7 Å². The molecule has 0 spiro atoms. The molecule has 0 N–H and O–H groups in total. The van der Waals surface area contributed by atoms with E-state index in [2.05, 4.69) is 27.7 Å². The van der Waals surface area contributed by atoms with Gasteiger partial charge in [-0.05, 0) is 25.2 Å². The van der Waals surface area contributed by atoms with E-state index in [-0.39, 0.29) is 5.97 Å². The monoisotopic (exact) mass is 425 g/mol. The van der Waals surface area contributed by atoms with Gasteiger partial charge in [0.15, 0.2) is 0 Å². The van der Waals surface area contributed by atoms with E-state index in [0.29, 0.717) is 6.42 Å².